The van der Waals surface area contributed by atoms with Gasteiger partial charge in [-0.25, -0.2) is 8.78 Å². The molecule has 1 heterocycles. The van der Waals surface area contributed by atoms with Crippen molar-refractivity contribution in [1.29, 1.82) is 0 Å². The van der Waals surface area contributed by atoms with Gasteiger partial charge in [0.2, 0.25) is 23.5 Å². The summed E-state index contributed by atoms with van der Waals surface area (Å²) >= 11 is 6.54. The number of aryl methyl sites for hydroxylation is 1. The number of benzene rings is 3. The fourth-order valence-corrected chi connectivity index (χ4v) is 5.73. The van der Waals surface area contributed by atoms with Crippen molar-refractivity contribution in [3.8, 4) is 5.75 Å². The number of carbonyl (C=O) groups excluding carboxylic acids is 3. The number of ether oxygens (including phenoxy) is 1. The highest BCUT2D eigenvalue weighted by atomic mass is 35.5. The normalized spacial score (nSPS) is 16.3. The van der Waals surface area contributed by atoms with Gasteiger partial charge in [-0.05, 0) is 79.6 Å². The Hall–Kier alpha value is -4.09. The maximum atomic E-state index is 14.1. The van der Waals surface area contributed by atoms with Gasteiger partial charge in [-0.1, -0.05) is 35.9 Å². The predicted octanol–water partition coefficient (Wildman–Crippen LogP) is 4.94. The molecular formula is C34H36ClF3N4O4. The lowest BCUT2D eigenvalue weighted by molar-refractivity contribution is -0.136. The number of halogens is 4. The van der Waals surface area contributed by atoms with Gasteiger partial charge in [0.15, 0.2) is 17.4 Å². The third-order valence-electron chi connectivity index (χ3n) is 8.01. The molecule has 1 aliphatic carbocycles. The van der Waals surface area contributed by atoms with Gasteiger partial charge in [-0.15, -0.1) is 0 Å². The fourth-order valence-electron chi connectivity index (χ4n) is 5.55. The second-order valence-corrected chi connectivity index (χ2v) is 11.9. The lowest BCUT2D eigenvalue weighted by atomic mass is 10.0. The van der Waals surface area contributed by atoms with E-state index in [2.05, 4.69) is 10.6 Å². The van der Waals surface area contributed by atoms with Crippen LogP contribution < -0.4 is 20.3 Å². The molecule has 2 N–H and O–H groups in total. The predicted molar refractivity (Wildman–Crippen MR) is 168 cm³/mol. The molecule has 0 aromatic heterocycles. The highest BCUT2D eigenvalue weighted by molar-refractivity contribution is 6.31. The highest BCUT2D eigenvalue weighted by Gasteiger charge is 2.41. The minimum Gasteiger partial charge on any atom is -0.488 e. The Morgan fingerprint density at radius 1 is 1.04 bits per heavy atom. The lowest BCUT2D eigenvalue weighted by Gasteiger charge is -2.38. The van der Waals surface area contributed by atoms with Crippen molar-refractivity contribution >= 4 is 35.0 Å². The number of amides is 3. The molecule has 2 fully saturated rings. The molecule has 1 saturated carbocycles. The Balaban J connectivity index is 1.25. The maximum absolute atomic E-state index is 14.1. The Kier molecular flexibility index (Phi) is 10.9. The van der Waals surface area contributed by atoms with Crippen molar-refractivity contribution in [3.63, 3.8) is 0 Å². The molecule has 1 saturated heterocycles. The smallest absolute Gasteiger partial charge is 0.247 e. The third-order valence-corrected chi connectivity index (χ3v) is 8.38. The SMILES string of the molecule is CCNC(=O)Cc1ccc(Cl)c(CN(C(=O)[C@H]2CNCC(=O)N2c2ccc(CCCOc3c(F)ccc(F)c3F)cc2)C2CC2)c1. The molecule has 3 aromatic rings. The van der Waals surface area contributed by atoms with E-state index in [1.54, 1.807) is 29.2 Å². The van der Waals surface area contributed by atoms with Gasteiger partial charge in [0.05, 0.1) is 19.6 Å². The molecule has 46 heavy (non-hydrogen) atoms. The largest absolute Gasteiger partial charge is 0.488 e. The van der Waals surface area contributed by atoms with E-state index in [9.17, 15) is 27.6 Å². The van der Waals surface area contributed by atoms with E-state index in [0.29, 0.717) is 36.2 Å². The lowest BCUT2D eigenvalue weighted by Crippen LogP contribution is -2.61. The molecule has 5 rings (SSSR count). The molecule has 244 valence electrons. The van der Waals surface area contributed by atoms with Gasteiger partial charge in [0.1, 0.15) is 6.04 Å². The van der Waals surface area contributed by atoms with Crippen LogP contribution in [0.5, 0.6) is 5.75 Å². The minimum absolute atomic E-state index is 0.0260. The number of likely N-dealkylation sites (N-methyl/N-ethyl adjacent to an activating group) is 1. The molecule has 2 aliphatic rings. The van der Waals surface area contributed by atoms with E-state index in [1.165, 1.54) is 4.90 Å². The first-order valence-electron chi connectivity index (χ1n) is 15.4. The molecule has 12 heteroatoms. The van der Waals surface area contributed by atoms with Gasteiger partial charge in [-0.3, -0.25) is 19.3 Å². The van der Waals surface area contributed by atoms with Crippen LogP contribution >= 0.6 is 11.6 Å². The van der Waals surface area contributed by atoms with Crippen molar-refractivity contribution in [2.75, 3.05) is 31.1 Å². The zero-order valence-corrected chi connectivity index (χ0v) is 26.2. The van der Waals surface area contributed by atoms with Gasteiger partial charge in [0, 0.05) is 36.4 Å². The maximum Gasteiger partial charge on any atom is 0.247 e. The average Bonchev–Trinajstić information content (AvgIpc) is 3.88. The van der Waals surface area contributed by atoms with Crippen molar-refractivity contribution in [1.82, 2.24) is 15.5 Å². The van der Waals surface area contributed by atoms with Crippen LogP contribution in [0.4, 0.5) is 18.9 Å². The Labute approximate surface area is 270 Å². The Bertz CT molecular complexity index is 1590. The van der Waals surface area contributed by atoms with Crippen LogP contribution in [0.2, 0.25) is 5.02 Å². The van der Waals surface area contributed by atoms with Crippen LogP contribution in [0.1, 0.15) is 42.9 Å². The monoisotopic (exact) mass is 656 g/mol. The van der Waals surface area contributed by atoms with E-state index < -0.39 is 29.2 Å². The van der Waals surface area contributed by atoms with Crippen molar-refractivity contribution in [3.05, 3.63) is 93.8 Å². The minimum atomic E-state index is -1.36. The quantitative estimate of drug-likeness (QED) is 0.201. The zero-order valence-electron chi connectivity index (χ0n) is 25.5. The number of rotatable bonds is 13. The van der Waals surface area contributed by atoms with Crippen molar-refractivity contribution in [2.45, 2.75) is 57.7 Å². The summed E-state index contributed by atoms with van der Waals surface area (Å²) in [5, 5.41) is 6.36. The summed E-state index contributed by atoms with van der Waals surface area (Å²) in [4.78, 5) is 42.7. The van der Waals surface area contributed by atoms with Crippen LogP contribution in [0.15, 0.2) is 54.6 Å². The summed E-state index contributed by atoms with van der Waals surface area (Å²) < 4.78 is 46.2. The van der Waals surface area contributed by atoms with E-state index >= 15 is 0 Å². The molecule has 1 atom stereocenters. The van der Waals surface area contributed by atoms with Crippen molar-refractivity contribution < 1.29 is 32.3 Å². The van der Waals surface area contributed by atoms with E-state index in [4.69, 9.17) is 16.3 Å². The van der Waals surface area contributed by atoms with Crippen LogP contribution in [0.25, 0.3) is 0 Å². The highest BCUT2D eigenvalue weighted by Crippen LogP contribution is 2.33. The second-order valence-electron chi connectivity index (χ2n) is 11.5. The summed E-state index contributed by atoms with van der Waals surface area (Å²) in [7, 11) is 0. The van der Waals surface area contributed by atoms with Crippen LogP contribution in [-0.2, 0) is 33.8 Å². The molecule has 3 amide bonds. The number of hydrogen-bond donors (Lipinski definition) is 2. The molecule has 3 aromatic carbocycles. The van der Waals surface area contributed by atoms with Gasteiger partial charge in [0.25, 0.3) is 0 Å². The zero-order chi connectivity index (χ0) is 32.8. The number of piperazine rings is 1. The number of anilines is 1. The summed E-state index contributed by atoms with van der Waals surface area (Å²) in [6.45, 7) is 3.00. The molecular weight excluding hydrogens is 621 g/mol. The van der Waals surface area contributed by atoms with E-state index in [1.807, 2.05) is 25.1 Å². The fraction of sp³-hybridized carbons (Fsp3) is 0.382. The van der Waals surface area contributed by atoms with Crippen molar-refractivity contribution in [2.24, 2.45) is 0 Å². The second kappa shape index (κ2) is 15.0. The van der Waals surface area contributed by atoms with Gasteiger partial charge < -0.3 is 20.3 Å². The molecule has 0 spiro atoms. The third kappa shape index (κ3) is 8.00. The number of nitrogens with one attached hydrogen (secondary N) is 2. The summed E-state index contributed by atoms with van der Waals surface area (Å²) in [6.07, 6.45) is 2.83. The van der Waals surface area contributed by atoms with Crippen LogP contribution in [0, 0.1) is 17.5 Å². The molecule has 8 nitrogen and oxygen atoms in total. The molecule has 1 aliphatic heterocycles. The Morgan fingerprint density at radius 3 is 2.48 bits per heavy atom. The van der Waals surface area contributed by atoms with Gasteiger partial charge >= 0.3 is 0 Å². The topological polar surface area (TPSA) is 91.0 Å². The molecule has 0 unspecified atom stereocenters. The van der Waals surface area contributed by atoms with E-state index in [-0.39, 0.29) is 56.4 Å². The average molecular weight is 657 g/mol. The first-order valence-corrected chi connectivity index (χ1v) is 15.8. The molecule has 0 bridgehead atoms. The van der Waals surface area contributed by atoms with E-state index in [0.717, 1.165) is 35.6 Å². The Morgan fingerprint density at radius 2 is 1.76 bits per heavy atom. The standard InChI is InChI=1S/C34H36ClF3N4O4/c1-2-40-30(43)17-22-7-12-26(35)23(16-22)20-41(24-10-11-24)34(45)29-18-39-19-31(44)42(29)25-8-5-21(6-9-25)4-3-15-46-33-28(37)14-13-27(36)32(33)38/h5-9,12-14,16,24,29,39H,2-4,10-11,15,17-20H2,1H3,(H,40,43)/t29-/m1/s1. The summed E-state index contributed by atoms with van der Waals surface area (Å²) in [5.41, 5.74) is 3.00. The van der Waals surface area contributed by atoms with Gasteiger partial charge in [-0.2, -0.15) is 4.39 Å². The molecule has 0 radical (unpaired) electrons. The number of carbonyl (C=O) groups is 3. The number of nitrogens with zero attached hydrogens (tertiary/aromatic N) is 2. The van der Waals surface area contributed by atoms with Crippen LogP contribution in [0.3, 0.4) is 0 Å². The first-order chi connectivity index (χ1) is 22.2. The summed E-state index contributed by atoms with van der Waals surface area (Å²) in [5.74, 6) is -4.77. The van der Waals surface area contributed by atoms with Crippen LogP contribution in [-0.4, -0.2) is 60.9 Å². The first kappa shape index (κ1) is 33.3. The number of hydrogen-bond acceptors (Lipinski definition) is 5. The summed E-state index contributed by atoms with van der Waals surface area (Å²) in [6, 6.07) is 13.4.